The fourth-order valence-electron chi connectivity index (χ4n) is 4.45. The van der Waals surface area contributed by atoms with Crippen molar-refractivity contribution in [3.63, 3.8) is 0 Å². The van der Waals surface area contributed by atoms with Crippen molar-refractivity contribution in [1.82, 2.24) is 14.7 Å². The molecule has 3 fully saturated rings. The highest BCUT2D eigenvalue weighted by molar-refractivity contribution is 6.00. The van der Waals surface area contributed by atoms with Crippen LogP contribution in [0.2, 0.25) is 0 Å². The van der Waals surface area contributed by atoms with Crippen LogP contribution in [-0.2, 0) is 9.59 Å². The Balaban J connectivity index is 1.52. The minimum atomic E-state index is -0.587. The number of likely N-dealkylation sites (tertiary alicyclic amines) is 3. The lowest BCUT2D eigenvalue weighted by Gasteiger charge is -2.45. The standard InChI is InChI=1S/C17H30N4O2/c1-19-9-4-13(5-10-19)20-11-6-14(7-12-20)21-8-2-3-15(16(18)22)17(21)23/h13-15H,2-12H2,1H3,(H2,18,22). The van der Waals surface area contributed by atoms with E-state index >= 15 is 0 Å². The number of nitrogens with two attached hydrogens (primary N) is 1. The van der Waals surface area contributed by atoms with E-state index < -0.39 is 11.8 Å². The van der Waals surface area contributed by atoms with Crippen molar-refractivity contribution in [2.24, 2.45) is 11.7 Å². The topological polar surface area (TPSA) is 69.9 Å². The molecule has 3 heterocycles. The average molecular weight is 322 g/mol. The first-order valence-electron chi connectivity index (χ1n) is 9.08. The molecule has 0 radical (unpaired) electrons. The van der Waals surface area contributed by atoms with Crippen LogP contribution in [0, 0.1) is 5.92 Å². The van der Waals surface area contributed by atoms with E-state index in [1.54, 1.807) is 0 Å². The molecule has 23 heavy (non-hydrogen) atoms. The van der Waals surface area contributed by atoms with Crippen molar-refractivity contribution < 1.29 is 9.59 Å². The van der Waals surface area contributed by atoms with Gasteiger partial charge in [-0.15, -0.1) is 0 Å². The zero-order valence-corrected chi connectivity index (χ0v) is 14.2. The molecule has 0 aromatic rings. The van der Waals surface area contributed by atoms with E-state index in [0.29, 0.717) is 18.5 Å². The summed E-state index contributed by atoms with van der Waals surface area (Å²) in [6, 6.07) is 1.01. The number of carbonyl (C=O) groups excluding carboxylic acids is 2. The molecular formula is C17H30N4O2. The number of hydrogen-bond acceptors (Lipinski definition) is 4. The number of rotatable bonds is 3. The van der Waals surface area contributed by atoms with Gasteiger partial charge >= 0.3 is 0 Å². The zero-order chi connectivity index (χ0) is 16.4. The molecule has 6 nitrogen and oxygen atoms in total. The number of hydrogen-bond donors (Lipinski definition) is 1. The Morgan fingerprint density at radius 2 is 1.57 bits per heavy atom. The van der Waals surface area contributed by atoms with Gasteiger partial charge in [0.1, 0.15) is 5.92 Å². The van der Waals surface area contributed by atoms with Crippen molar-refractivity contribution in [3.8, 4) is 0 Å². The maximum absolute atomic E-state index is 12.5. The molecule has 1 unspecified atom stereocenters. The normalized spacial score (nSPS) is 29.9. The van der Waals surface area contributed by atoms with Crippen molar-refractivity contribution >= 4 is 11.8 Å². The van der Waals surface area contributed by atoms with Gasteiger partial charge in [0.25, 0.3) is 0 Å². The van der Waals surface area contributed by atoms with E-state index in [2.05, 4.69) is 16.8 Å². The summed E-state index contributed by atoms with van der Waals surface area (Å²) >= 11 is 0. The molecule has 0 spiro atoms. The Hall–Kier alpha value is -1.14. The number of primary amides is 1. The molecule has 6 heteroatoms. The molecule has 1 atom stereocenters. The Morgan fingerprint density at radius 3 is 2.17 bits per heavy atom. The molecular weight excluding hydrogens is 292 g/mol. The average Bonchev–Trinajstić information content (AvgIpc) is 2.56. The predicted molar refractivity (Wildman–Crippen MR) is 88.7 cm³/mol. The zero-order valence-electron chi connectivity index (χ0n) is 14.2. The van der Waals surface area contributed by atoms with E-state index in [0.717, 1.165) is 38.9 Å². The summed E-state index contributed by atoms with van der Waals surface area (Å²) in [5.41, 5.74) is 5.38. The highest BCUT2D eigenvalue weighted by Gasteiger charge is 2.38. The second-order valence-electron chi connectivity index (χ2n) is 7.43. The van der Waals surface area contributed by atoms with Crippen molar-refractivity contribution in [2.75, 3.05) is 39.8 Å². The van der Waals surface area contributed by atoms with Crippen LogP contribution in [-0.4, -0.2) is 78.4 Å². The SMILES string of the molecule is CN1CCC(N2CCC(N3CCCC(C(N)=O)C3=O)CC2)CC1. The van der Waals surface area contributed by atoms with E-state index in [4.69, 9.17) is 5.73 Å². The third kappa shape index (κ3) is 3.69. The van der Waals surface area contributed by atoms with Gasteiger partial charge in [0.2, 0.25) is 11.8 Å². The van der Waals surface area contributed by atoms with Crippen LogP contribution in [0.15, 0.2) is 0 Å². The maximum Gasteiger partial charge on any atom is 0.235 e. The summed E-state index contributed by atoms with van der Waals surface area (Å²) in [7, 11) is 2.19. The van der Waals surface area contributed by atoms with Gasteiger partial charge in [0.15, 0.2) is 0 Å². The minimum absolute atomic E-state index is 0.0264. The van der Waals surface area contributed by atoms with E-state index in [1.807, 2.05) is 4.90 Å². The number of carbonyl (C=O) groups is 2. The van der Waals surface area contributed by atoms with Crippen LogP contribution in [0.3, 0.4) is 0 Å². The Labute approximate surface area is 139 Å². The van der Waals surface area contributed by atoms with E-state index in [-0.39, 0.29) is 5.91 Å². The van der Waals surface area contributed by atoms with Gasteiger partial charge < -0.3 is 20.4 Å². The predicted octanol–water partition coefficient (Wildman–Crippen LogP) is 0.269. The molecule has 130 valence electrons. The number of piperidine rings is 3. The smallest absolute Gasteiger partial charge is 0.235 e. The lowest BCUT2D eigenvalue weighted by atomic mass is 9.91. The van der Waals surface area contributed by atoms with Crippen LogP contribution in [0.4, 0.5) is 0 Å². The second kappa shape index (κ2) is 7.18. The van der Waals surface area contributed by atoms with Gasteiger partial charge in [0, 0.05) is 31.7 Å². The summed E-state index contributed by atoms with van der Waals surface area (Å²) in [4.78, 5) is 30.9. The van der Waals surface area contributed by atoms with Crippen molar-refractivity contribution in [3.05, 3.63) is 0 Å². The lowest BCUT2D eigenvalue weighted by Crippen LogP contribution is -2.55. The first kappa shape index (κ1) is 16.7. The van der Waals surface area contributed by atoms with Gasteiger partial charge in [-0.1, -0.05) is 0 Å². The summed E-state index contributed by atoms with van der Waals surface area (Å²) < 4.78 is 0. The Kier molecular flexibility index (Phi) is 5.21. The van der Waals surface area contributed by atoms with Crippen LogP contribution in [0.25, 0.3) is 0 Å². The summed E-state index contributed by atoms with van der Waals surface area (Å²) in [6.45, 7) is 5.32. The summed E-state index contributed by atoms with van der Waals surface area (Å²) in [5, 5.41) is 0. The molecule has 0 aliphatic carbocycles. The second-order valence-corrected chi connectivity index (χ2v) is 7.43. The summed E-state index contributed by atoms with van der Waals surface area (Å²) in [6.07, 6.45) is 6.10. The molecule has 2 amide bonds. The largest absolute Gasteiger partial charge is 0.369 e. The van der Waals surface area contributed by atoms with Gasteiger partial charge in [-0.2, -0.15) is 0 Å². The van der Waals surface area contributed by atoms with E-state index in [1.165, 1.54) is 25.9 Å². The van der Waals surface area contributed by atoms with E-state index in [9.17, 15) is 9.59 Å². The number of amides is 2. The van der Waals surface area contributed by atoms with Crippen LogP contribution in [0.5, 0.6) is 0 Å². The Morgan fingerprint density at radius 1 is 0.957 bits per heavy atom. The first-order valence-corrected chi connectivity index (χ1v) is 9.08. The lowest BCUT2D eigenvalue weighted by molar-refractivity contribution is -0.147. The quantitative estimate of drug-likeness (QED) is 0.757. The van der Waals surface area contributed by atoms with Crippen molar-refractivity contribution in [2.45, 2.75) is 50.6 Å². The Bertz CT molecular complexity index is 440. The molecule has 0 bridgehead atoms. The molecule has 2 N–H and O–H groups in total. The first-order chi connectivity index (χ1) is 11.1. The minimum Gasteiger partial charge on any atom is -0.369 e. The third-order valence-electron chi connectivity index (χ3n) is 5.96. The van der Waals surface area contributed by atoms with Crippen LogP contribution in [0.1, 0.15) is 38.5 Å². The molecule has 0 aromatic carbocycles. The molecule has 3 aliphatic heterocycles. The van der Waals surface area contributed by atoms with Gasteiger partial charge in [-0.05, 0) is 58.7 Å². The van der Waals surface area contributed by atoms with Gasteiger partial charge in [-0.3, -0.25) is 9.59 Å². The monoisotopic (exact) mass is 322 g/mol. The van der Waals surface area contributed by atoms with Gasteiger partial charge in [-0.25, -0.2) is 0 Å². The number of nitrogens with zero attached hydrogens (tertiary/aromatic N) is 3. The highest BCUT2D eigenvalue weighted by atomic mass is 16.2. The fraction of sp³-hybridized carbons (Fsp3) is 0.882. The molecule has 3 aliphatic rings. The maximum atomic E-state index is 12.5. The summed E-state index contributed by atoms with van der Waals surface area (Å²) in [5.74, 6) is -1.07. The van der Waals surface area contributed by atoms with Crippen LogP contribution >= 0.6 is 0 Å². The molecule has 3 saturated heterocycles. The molecule has 0 aromatic heterocycles. The fourth-order valence-corrected chi connectivity index (χ4v) is 4.45. The molecule has 3 rings (SSSR count). The molecule has 0 saturated carbocycles. The third-order valence-corrected chi connectivity index (χ3v) is 5.96. The van der Waals surface area contributed by atoms with Crippen molar-refractivity contribution in [1.29, 1.82) is 0 Å². The highest BCUT2D eigenvalue weighted by Crippen LogP contribution is 2.27. The van der Waals surface area contributed by atoms with Gasteiger partial charge in [0.05, 0.1) is 0 Å². The van der Waals surface area contributed by atoms with Crippen LogP contribution < -0.4 is 5.73 Å².